The van der Waals surface area contributed by atoms with Crippen LogP contribution in [0.5, 0.6) is 34.5 Å². The molecule has 0 spiro atoms. The Balaban J connectivity index is 0.000000128. The van der Waals surface area contributed by atoms with Gasteiger partial charge < -0.3 is 51.8 Å². The zero-order valence-corrected chi connectivity index (χ0v) is 50.8. The van der Waals surface area contributed by atoms with Crippen molar-refractivity contribution in [2.45, 2.75) is 114 Å². The number of rotatable bonds is 11. The third-order valence-corrected chi connectivity index (χ3v) is 16.7. The first kappa shape index (κ1) is 63.5. The highest BCUT2D eigenvalue weighted by atomic mass is 19.1. The van der Waals surface area contributed by atoms with Crippen molar-refractivity contribution in [2.75, 3.05) is 17.2 Å². The molecule has 482 valence electrons. The summed E-state index contributed by atoms with van der Waals surface area (Å²) in [4.78, 5) is 25.3. The van der Waals surface area contributed by atoms with Gasteiger partial charge in [-0.2, -0.15) is 15.3 Å². The van der Waals surface area contributed by atoms with Crippen molar-refractivity contribution in [3.05, 3.63) is 182 Å². The number of nitrogens with two attached hydrogens (primary N) is 3. The maximum Gasteiger partial charge on any atom is 0.186 e. The highest BCUT2D eigenvalue weighted by molar-refractivity contribution is 6.00. The van der Waals surface area contributed by atoms with Gasteiger partial charge >= 0.3 is 0 Å². The summed E-state index contributed by atoms with van der Waals surface area (Å²) in [7, 11) is 0. The van der Waals surface area contributed by atoms with Crippen molar-refractivity contribution in [3.8, 4) is 68.3 Å². The van der Waals surface area contributed by atoms with Gasteiger partial charge in [-0.05, 0) is 223 Å². The van der Waals surface area contributed by atoms with Crippen LogP contribution in [0, 0.1) is 17.5 Å². The van der Waals surface area contributed by atoms with Crippen molar-refractivity contribution in [1.82, 2.24) is 59.7 Å². The van der Waals surface area contributed by atoms with Crippen molar-refractivity contribution >= 4 is 50.6 Å². The quantitative estimate of drug-likeness (QED) is 0.0596. The van der Waals surface area contributed by atoms with E-state index in [9.17, 15) is 23.4 Å². The van der Waals surface area contributed by atoms with Crippen LogP contribution in [0.3, 0.4) is 0 Å². The molecule has 0 radical (unpaired) electrons. The van der Waals surface area contributed by atoms with E-state index in [0.717, 1.165) is 110 Å². The van der Waals surface area contributed by atoms with E-state index in [1.165, 1.54) is 55.4 Å². The topological polar surface area (TPSA) is 328 Å². The van der Waals surface area contributed by atoms with Gasteiger partial charge in [0.15, 0.2) is 16.9 Å². The summed E-state index contributed by atoms with van der Waals surface area (Å²) >= 11 is 0. The van der Waals surface area contributed by atoms with Gasteiger partial charge in [0.1, 0.15) is 99.8 Å². The number of aromatic nitrogens is 12. The monoisotopic (exact) mass is 1280 g/mol. The number of hydrogen-bond acceptors (Lipinski definition) is 19. The lowest BCUT2D eigenvalue weighted by Crippen LogP contribution is -2.22. The molecule has 3 fully saturated rings. The molecule has 3 saturated carbocycles. The molecule has 0 aliphatic heterocycles. The maximum atomic E-state index is 13.1. The first-order chi connectivity index (χ1) is 45.7. The molecule has 15 rings (SSSR count). The molecule has 0 saturated heterocycles. The third kappa shape index (κ3) is 15.1. The average molecular weight is 1280 g/mol. The first-order valence-corrected chi connectivity index (χ1v) is 30.9. The van der Waals surface area contributed by atoms with Crippen molar-refractivity contribution in [2.24, 2.45) is 0 Å². The molecule has 0 unspecified atom stereocenters. The van der Waals surface area contributed by atoms with E-state index >= 15 is 0 Å². The minimum atomic E-state index is -0.308. The number of hydrogen-bond donors (Lipinski definition) is 8. The minimum Gasteiger partial charge on any atom is -0.457 e. The molecule has 6 heterocycles. The van der Waals surface area contributed by atoms with Gasteiger partial charge in [0.25, 0.3) is 0 Å². The van der Waals surface area contributed by atoms with E-state index in [2.05, 4.69) is 40.1 Å². The predicted molar refractivity (Wildman–Crippen MR) is 349 cm³/mol. The fourth-order valence-electron chi connectivity index (χ4n) is 11.6. The number of ether oxygens (including phenoxy) is 3. The molecule has 3 aliphatic rings. The summed E-state index contributed by atoms with van der Waals surface area (Å²) in [6.45, 7) is 0. The fourth-order valence-corrected chi connectivity index (χ4v) is 11.6. The SMILES string of the molecule is Nc1ncnc2c1c(-c1ccc(Oc3ccc(F)cc3)cc1)nn2C1CCC(O)CC1.Nc1ncnc2c1c(-c1ccc(Oc3ccc(F)cc3)cc1)nn2C1CCC(O)CC1.Nc1ncnc2n[nH]c(-c3ccc(Oc4ccc(F)cc4)cc3)c12.OC1CCC(O)CC1. The number of benzene rings is 6. The molecular weight excluding hydrogens is 1210 g/mol. The van der Waals surface area contributed by atoms with Gasteiger partial charge in [-0.3, -0.25) is 5.10 Å². The van der Waals surface area contributed by atoms with Crippen LogP contribution in [0.15, 0.2) is 165 Å². The molecule has 25 heteroatoms. The average Bonchev–Trinajstić information content (AvgIpc) is 1.63. The second kappa shape index (κ2) is 28.9. The number of nitrogens with one attached hydrogen (secondary N) is 1. The highest BCUT2D eigenvalue weighted by Crippen LogP contribution is 2.40. The molecule has 6 aromatic heterocycles. The molecule has 0 atom stereocenters. The molecule has 94 heavy (non-hydrogen) atoms. The van der Waals surface area contributed by atoms with Crippen LogP contribution < -0.4 is 31.4 Å². The van der Waals surface area contributed by atoms with Crippen molar-refractivity contribution in [1.29, 1.82) is 0 Å². The predicted octanol–water partition coefficient (Wildman–Crippen LogP) is 12.8. The number of halogens is 3. The summed E-state index contributed by atoms with van der Waals surface area (Å²) in [5.74, 6) is 3.79. The molecule has 12 aromatic rings. The number of H-pyrrole nitrogens is 1. The normalized spacial score (nSPS) is 18.6. The Labute approximate surface area is 536 Å². The van der Waals surface area contributed by atoms with Gasteiger partial charge in [-0.25, -0.2) is 52.4 Å². The third-order valence-electron chi connectivity index (χ3n) is 16.7. The lowest BCUT2D eigenvalue weighted by molar-refractivity contribution is 0.0541. The van der Waals surface area contributed by atoms with Gasteiger partial charge in [0.2, 0.25) is 0 Å². The van der Waals surface area contributed by atoms with E-state index in [4.69, 9.17) is 51.8 Å². The summed E-state index contributed by atoms with van der Waals surface area (Å²) in [6, 6.07) is 40.2. The highest BCUT2D eigenvalue weighted by Gasteiger charge is 2.28. The Hall–Kier alpha value is -10.6. The summed E-state index contributed by atoms with van der Waals surface area (Å²) in [5, 5.41) is 56.5. The smallest absolute Gasteiger partial charge is 0.186 e. The van der Waals surface area contributed by atoms with Crippen LogP contribution in [0.2, 0.25) is 0 Å². The molecule has 6 aromatic carbocycles. The van der Waals surface area contributed by atoms with Gasteiger partial charge in [-0.15, -0.1) is 0 Å². The fraction of sp³-hybridized carbons (Fsp3) is 0.261. The number of aliphatic hydroxyl groups excluding tert-OH is 4. The lowest BCUT2D eigenvalue weighted by Gasteiger charge is -2.25. The zero-order valence-electron chi connectivity index (χ0n) is 50.8. The Morgan fingerprint density at radius 1 is 0.362 bits per heavy atom. The van der Waals surface area contributed by atoms with Crippen LogP contribution in [-0.2, 0) is 0 Å². The maximum absolute atomic E-state index is 13.1. The number of anilines is 3. The van der Waals surface area contributed by atoms with Crippen LogP contribution in [-0.4, -0.2) is 105 Å². The molecular formula is C69H68F3N15O7. The standard InChI is InChI=1S/2C23H22FN5O2.C17H12FN5O.C6H12O2/c2*24-15-3-11-19(12-4-15)31-18-9-1-14(2-10-18)21-20-22(25)26-13-27-23(20)29(28-21)16-5-7-17(30)8-6-16;18-11-3-7-13(8-4-11)24-12-5-1-10(2-6-12)15-14-16(19)20-9-21-17(14)23-22-15;7-5-1-2-6(8)4-3-5/h2*1-4,9-13,16-17,30H,5-8H2,(H2,25,26,27);1-9H,(H3,19,20,21,22,23);5-8H,1-4H2. The number of aliphatic hydroxyl groups is 4. The molecule has 0 amide bonds. The van der Waals surface area contributed by atoms with Gasteiger partial charge in [-0.1, -0.05) is 0 Å². The molecule has 0 bridgehead atoms. The number of nitrogens with zero attached hydrogens (tertiary/aromatic N) is 11. The van der Waals surface area contributed by atoms with E-state index in [1.807, 2.05) is 82.2 Å². The van der Waals surface area contributed by atoms with E-state index in [1.54, 1.807) is 36.4 Å². The van der Waals surface area contributed by atoms with Crippen LogP contribution in [0.4, 0.5) is 30.6 Å². The summed E-state index contributed by atoms with van der Waals surface area (Å²) < 4.78 is 60.2. The Morgan fingerprint density at radius 3 is 0.989 bits per heavy atom. The summed E-state index contributed by atoms with van der Waals surface area (Å²) in [6.07, 6.45) is 13.0. The molecule has 11 N–H and O–H groups in total. The van der Waals surface area contributed by atoms with Crippen LogP contribution in [0.1, 0.15) is 89.1 Å². The van der Waals surface area contributed by atoms with Crippen molar-refractivity contribution < 1.29 is 47.8 Å². The largest absolute Gasteiger partial charge is 0.457 e. The first-order valence-electron chi connectivity index (χ1n) is 30.9. The van der Waals surface area contributed by atoms with E-state index < -0.39 is 0 Å². The Kier molecular flexibility index (Phi) is 19.6. The number of aromatic amines is 1. The van der Waals surface area contributed by atoms with Crippen LogP contribution >= 0.6 is 0 Å². The Bertz CT molecular complexity index is 4260. The molecule has 3 aliphatic carbocycles. The lowest BCUT2D eigenvalue weighted by atomic mass is 9.93. The van der Waals surface area contributed by atoms with Gasteiger partial charge in [0.05, 0.1) is 58.4 Å². The molecule has 22 nitrogen and oxygen atoms in total. The number of nitrogen functional groups attached to an aromatic ring is 3. The minimum absolute atomic E-state index is 0.140. The van der Waals surface area contributed by atoms with Crippen molar-refractivity contribution in [3.63, 3.8) is 0 Å². The van der Waals surface area contributed by atoms with E-state index in [0.29, 0.717) is 85.7 Å². The second-order valence-corrected chi connectivity index (χ2v) is 23.2. The Morgan fingerprint density at radius 2 is 0.649 bits per heavy atom. The van der Waals surface area contributed by atoms with Gasteiger partial charge in [0, 0.05) is 16.7 Å². The van der Waals surface area contributed by atoms with E-state index in [-0.39, 0.29) is 54.0 Å². The second-order valence-electron chi connectivity index (χ2n) is 23.2. The van der Waals surface area contributed by atoms with Crippen LogP contribution in [0.25, 0.3) is 66.9 Å². The zero-order chi connectivity index (χ0) is 65.2. The number of fused-ring (bicyclic) bond motifs is 3. The summed E-state index contributed by atoms with van der Waals surface area (Å²) in [5.41, 5.74) is 25.0.